The molecule has 112 valence electrons. The minimum absolute atomic E-state index is 0. The molecule has 0 aromatic heterocycles. The zero-order valence-corrected chi connectivity index (χ0v) is 14.5. The van der Waals surface area contributed by atoms with Crippen LogP contribution in [0.3, 0.4) is 0 Å². The van der Waals surface area contributed by atoms with Crippen LogP contribution in [0.2, 0.25) is 0 Å². The third kappa shape index (κ3) is 4.77. The fraction of sp³-hybridized carbons (Fsp3) is 0.929. The van der Waals surface area contributed by atoms with Crippen LogP contribution in [0.1, 0.15) is 45.4 Å². The number of hydrogen-bond acceptors (Lipinski definition) is 2. The fourth-order valence-electron chi connectivity index (χ4n) is 2.84. The summed E-state index contributed by atoms with van der Waals surface area (Å²) in [4.78, 5) is 4.28. The number of guanidine groups is 1. The maximum atomic E-state index is 5.60. The van der Waals surface area contributed by atoms with Crippen molar-refractivity contribution >= 4 is 29.9 Å². The number of rotatable bonds is 5. The first-order chi connectivity index (χ1) is 8.78. The van der Waals surface area contributed by atoms with Gasteiger partial charge in [0.05, 0.1) is 6.10 Å². The SMILES string of the molecule is CCC1(CNC(=NC)NCC2CCCO2)CCC1.I. The fourth-order valence-corrected chi connectivity index (χ4v) is 2.84. The van der Waals surface area contributed by atoms with E-state index in [2.05, 4.69) is 22.5 Å². The van der Waals surface area contributed by atoms with Gasteiger partial charge in [-0.15, -0.1) is 24.0 Å². The van der Waals surface area contributed by atoms with E-state index in [4.69, 9.17) is 4.74 Å². The first-order valence-corrected chi connectivity index (χ1v) is 7.34. The van der Waals surface area contributed by atoms with Gasteiger partial charge >= 0.3 is 0 Å². The number of nitrogens with zero attached hydrogens (tertiary/aromatic N) is 1. The Labute approximate surface area is 134 Å². The number of aliphatic imine (C=N–C) groups is 1. The van der Waals surface area contributed by atoms with Gasteiger partial charge in [0, 0.05) is 26.7 Å². The monoisotopic (exact) mass is 381 g/mol. The first-order valence-electron chi connectivity index (χ1n) is 7.34. The predicted octanol–water partition coefficient (Wildman–Crippen LogP) is 2.53. The van der Waals surface area contributed by atoms with Crippen LogP contribution in [0, 0.1) is 5.41 Å². The van der Waals surface area contributed by atoms with E-state index >= 15 is 0 Å². The molecule has 0 aromatic carbocycles. The zero-order valence-electron chi connectivity index (χ0n) is 12.2. The van der Waals surface area contributed by atoms with Crippen LogP contribution in [0.4, 0.5) is 0 Å². The van der Waals surface area contributed by atoms with Gasteiger partial charge in [-0.3, -0.25) is 4.99 Å². The summed E-state index contributed by atoms with van der Waals surface area (Å²) in [6.07, 6.45) is 8.10. The molecular weight excluding hydrogens is 353 g/mol. The molecule has 0 bridgehead atoms. The quantitative estimate of drug-likeness (QED) is 0.437. The molecule has 2 fully saturated rings. The Morgan fingerprint density at radius 1 is 1.32 bits per heavy atom. The molecule has 0 spiro atoms. The van der Waals surface area contributed by atoms with Gasteiger partial charge in [-0.1, -0.05) is 13.3 Å². The van der Waals surface area contributed by atoms with Crippen LogP contribution >= 0.6 is 24.0 Å². The predicted molar refractivity (Wildman–Crippen MR) is 90.3 cm³/mol. The highest BCUT2D eigenvalue weighted by Gasteiger charge is 2.34. The number of halogens is 1. The molecule has 2 N–H and O–H groups in total. The Bertz CT molecular complexity index is 281. The van der Waals surface area contributed by atoms with Gasteiger partial charge in [-0.05, 0) is 37.5 Å². The van der Waals surface area contributed by atoms with Crippen molar-refractivity contribution in [3.63, 3.8) is 0 Å². The van der Waals surface area contributed by atoms with Gasteiger partial charge in [0.15, 0.2) is 5.96 Å². The molecule has 1 saturated heterocycles. The smallest absolute Gasteiger partial charge is 0.191 e. The average Bonchev–Trinajstić information content (AvgIpc) is 2.85. The van der Waals surface area contributed by atoms with Crippen molar-refractivity contribution < 1.29 is 4.74 Å². The Morgan fingerprint density at radius 3 is 2.58 bits per heavy atom. The number of nitrogens with one attached hydrogen (secondary N) is 2. The summed E-state index contributed by atoms with van der Waals surface area (Å²) in [5.74, 6) is 0.922. The van der Waals surface area contributed by atoms with Crippen molar-refractivity contribution in [2.45, 2.75) is 51.6 Å². The molecule has 4 nitrogen and oxygen atoms in total. The van der Waals surface area contributed by atoms with E-state index in [0.717, 1.165) is 25.7 Å². The molecule has 1 heterocycles. The third-order valence-corrected chi connectivity index (χ3v) is 4.54. The zero-order chi connectivity index (χ0) is 12.8. The van der Waals surface area contributed by atoms with Gasteiger partial charge in [-0.2, -0.15) is 0 Å². The number of ether oxygens (including phenoxy) is 1. The highest BCUT2D eigenvalue weighted by molar-refractivity contribution is 14.0. The second kappa shape index (κ2) is 8.29. The molecule has 1 aliphatic carbocycles. The molecule has 1 aliphatic heterocycles. The van der Waals surface area contributed by atoms with E-state index in [1.165, 1.54) is 38.5 Å². The summed E-state index contributed by atoms with van der Waals surface area (Å²) < 4.78 is 5.60. The van der Waals surface area contributed by atoms with Crippen molar-refractivity contribution in [1.29, 1.82) is 0 Å². The van der Waals surface area contributed by atoms with Gasteiger partial charge in [0.1, 0.15) is 0 Å². The Morgan fingerprint density at radius 2 is 2.11 bits per heavy atom. The molecule has 0 aromatic rings. The van der Waals surface area contributed by atoms with Crippen LogP contribution in [0.5, 0.6) is 0 Å². The Kier molecular flexibility index (Phi) is 7.42. The van der Waals surface area contributed by atoms with E-state index < -0.39 is 0 Å². The van der Waals surface area contributed by atoms with Gasteiger partial charge in [0.2, 0.25) is 0 Å². The summed E-state index contributed by atoms with van der Waals surface area (Å²) in [5, 5.41) is 6.84. The van der Waals surface area contributed by atoms with E-state index in [1.54, 1.807) is 0 Å². The third-order valence-electron chi connectivity index (χ3n) is 4.54. The molecule has 1 saturated carbocycles. The van der Waals surface area contributed by atoms with Crippen LogP contribution in [0.25, 0.3) is 0 Å². The highest BCUT2D eigenvalue weighted by Crippen LogP contribution is 2.42. The normalized spacial score (nSPS) is 25.4. The Hall–Kier alpha value is -0.0400. The lowest BCUT2D eigenvalue weighted by Gasteiger charge is -2.41. The highest BCUT2D eigenvalue weighted by atomic mass is 127. The molecule has 2 aliphatic rings. The van der Waals surface area contributed by atoms with Crippen molar-refractivity contribution in [2.24, 2.45) is 10.4 Å². The number of hydrogen-bond donors (Lipinski definition) is 2. The molecule has 0 amide bonds. The van der Waals surface area contributed by atoms with Crippen LogP contribution in [-0.2, 0) is 4.74 Å². The molecule has 1 atom stereocenters. The summed E-state index contributed by atoms with van der Waals surface area (Å²) >= 11 is 0. The van der Waals surface area contributed by atoms with E-state index in [1.807, 2.05) is 7.05 Å². The van der Waals surface area contributed by atoms with Gasteiger partial charge < -0.3 is 15.4 Å². The summed E-state index contributed by atoms with van der Waals surface area (Å²) in [5.41, 5.74) is 0.529. The average molecular weight is 381 g/mol. The molecular formula is C14H28IN3O. The van der Waals surface area contributed by atoms with E-state index in [9.17, 15) is 0 Å². The lowest BCUT2D eigenvalue weighted by Crippen LogP contribution is -2.47. The molecule has 2 rings (SSSR count). The van der Waals surface area contributed by atoms with Gasteiger partial charge in [0.25, 0.3) is 0 Å². The standard InChI is InChI=1S/C14H27N3O.HI/c1-3-14(7-5-8-14)11-17-13(15-2)16-10-12-6-4-9-18-12;/h12H,3-11H2,1-2H3,(H2,15,16,17);1H. The minimum Gasteiger partial charge on any atom is -0.376 e. The Balaban J connectivity index is 0.00000180. The molecule has 1 unspecified atom stereocenters. The van der Waals surface area contributed by atoms with Crippen molar-refractivity contribution in [3.8, 4) is 0 Å². The van der Waals surface area contributed by atoms with E-state index in [-0.39, 0.29) is 24.0 Å². The minimum atomic E-state index is 0. The first kappa shape index (κ1) is 17.0. The summed E-state index contributed by atoms with van der Waals surface area (Å²) in [6, 6.07) is 0. The molecule has 5 heteroatoms. The largest absolute Gasteiger partial charge is 0.376 e. The molecule has 0 radical (unpaired) electrons. The topological polar surface area (TPSA) is 45.7 Å². The van der Waals surface area contributed by atoms with Crippen molar-refractivity contribution in [3.05, 3.63) is 0 Å². The van der Waals surface area contributed by atoms with Crippen molar-refractivity contribution in [2.75, 3.05) is 26.7 Å². The second-order valence-corrected chi connectivity index (χ2v) is 5.65. The van der Waals surface area contributed by atoms with Gasteiger partial charge in [-0.25, -0.2) is 0 Å². The maximum absolute atomic E-state index is 5.60. The van der Waals surface area contributed by atoms with Crippen LogP contribution in [-0.4, -0.2) is 38.8 Å². The second-order valence-electron chi connectivity index (χ2n) is 5.65. The molecule has 19 heavy (non-hydrogen) atoms. The summed E-state index contributed by atoms with van der Waals surface area (Å²) in [7, 11) is 1.84. The van der Waals surface area contributed by atoms with E-state index in [0.29, 0.717) is 11.5 Å². The maximum Gasteiger partial charge on any atom is 0.191 e. The lowest BCUT2D eigenvalue weighted by atomic mass is 9.67. The van der Waals surface area contributed by atoms with Crippen LogP contribution in [0.15, 0.2) is 4.99 Å². The van der Waals surface area contributed by atoms with Crippen LogP contribution < -0.4 is 10.6 Å². The lowest BCUT2D eigenvalue weighted by molar-refractivity contribution is 0.113. The van der Waals surface area contributed by atoms with Crippen molar-refractivity contribution in [1.82, 2.24) is 10.6 Å². The summed E-state index contributed by atoms with van der Waals surface area (Å²) in [6.45, 7) is 5.13.